The summed E-state index contributed by atoms with van der Waals surface area (Å²) >= 11 is 0. The summed E-state index contributed by atoms with van der Waals surface area (Å²) in [6.45, 7) is 12.4. The van der Waals surface area contributed by atoms with E-state index in [1.165, 1.54) is 13.8 Å². The molecule has 4 N–H and O–H groups in total. The molecule has 0 spiro atoms. The number of aliphatic hydroxyl groups excluding tert-OH is 2. The fraction of sp³-hybridized carbons (Fsp3) is 0.909. The van der Waals surface area contributed by atoms with E-state index in [-0.39, 0.29) is 18.4 Å². The van der Waals surface area contributed by atoms with E-state index in [2.05, 4.69) is 5.32 Å². The number of carbonyl (C=O) groups excluding carboxylic acids is 2. The van der Waals surface area contributed by atoms with E-state index in [0.717, 1.165) is 0 Å². The third-order valence-electron chi connectivity index (χ3n) is 6.92. The molecule has 0 aromatic rings. The van der Waals surface area contributed by atoms with Gasteiger partial charge in [-0.1, -0.05) is 20.8 Å². The molecular weight excluding hydrogens is 406 g/mol. The van der Waals surface area contributed by atoms with Crippen molar-refractivity contribution < 1.29 is 39.1 Å². The first-order valence-corrected chi connectivity index (χ1v) is 11.2. The van der Waals surface area contributed by atoms with E-state index < -0.39 is 59.6 Å². The average molecular weight is 446 g/mol. The van der Waals surface area contributed by atoms with Crippen LogP contribution >= 0.6 is 0 Å². The maximum Gasteiger partial charge on any atom is 0.509 e. The zero-order chi connectivity index (χ0) is 23.7. The van der Waals surface area contributed by atoms with Gasteiger partial charge in [-0.25, -0.2) is 4.79 Å². The van der Waals surface area contributed by atoms with Gasteiger partial charge in [0.2, 0.25) is 0 Å². The molecule has 0 aromatic carbocycles. The van der Waals surface area contributed by atoms with Crippen LogP contribution < -0.4 is 5.32 Å². The molecule has 0 saturated carbocycles. The number of esters is 1. The molecule has 2 rings (SSSR count). The second kappa shape index (κ2) is 9.60. The minimum absolute atomic E-state index is 0.0388. The van der Waals surface area contributed by atoms with Gasteiger partial charge >= 0.3 is 12.1 Å². The quantitative estimate of drug-likeness (QED) is 0.441. The third kappa shape index (κ3) is 5.32. The second-order valence-corrected chi connectivity index (χ2v) is 9.85. The van der Waals surface area contributed by atoms with Crippen molar-refractivity contribution in [3.05, 3.63) is 0 Å². The Morgan fingerprint density at radius 2 is 1.71 bits per heavy atom. The summed E-state index contributed by atoms with van der Waals surface area (Å²) in [6, 6.07) is -0.325. The fourth-order valence-corrected chi connectivity index (χ4v) is 4.92. The zero-order valence-electron chi connectivity index (χ0n) is 19.6. The predicted molar refractivity (Wildman–Crippen MR) is 112 cm³/mol. The van der Waals surface area contributed by atoms with Crippen molar-refractivity contribution in [1.82, 2.24) is 5.32 Å². The smallest absolute Gasteiger partial charge is 0.458 e. The summed E-state index contributed by atoms with van der Waals surface area (Å²) in [5.74, 6) is -2.46. The maximum absolute atomic E-state index is 12.9. The molecule has 10 atom stereocenters. The number of fused-ring (bicyclic) bond motifs is 1. The summed E-state index contributed by atoms with van der Waals surface area (Å²) < 4.78 is 16.6. The van der Waals surface area contributed by atoms with Gasteiger partial charge in [-0.2, -0.15) is 0 Å². The summed E-state index contributed by atoms with van der Waals surface area (Å²) in [5, 5.41) is 35.7. The van der Waals surface area contributed by atoms with Crippen LogP contribution in [0.1, 0.15) is 61.3 Å². The summed E-state index contributed by atoms with van der Waals surface area (Å²) in [4.78, 5) is 24.9. The first kappa shape index (κ1) is 25.8. The van der Waals surface area contributed by atoms with E-state index >= 15 is 0 Å². The van der Waals surface area contributed by atoms with Gasteiger partial charge in [-0.05, 0) is 53.0 Å². The molecule has 0 bridgehead atoms. The number of cyclic esters (lactones) is 1. The zero-order valence-corrected chi connectivity index (χ0v) is 19.6. The molecule has 180 valence electrons. The van der Waals surface area contributed by atoms with Crippen molar-refractivity contribution >= 4 is 12.1 Å². The van der Waals surface area contributed by atoms with Crippen LogP contribution in [0.5, 0.6) is 0 Å². The minimum Gasteiger partial charge on any atom is -0.458 e. The molecule has 31 heavy (non-hydrogen) atoms. The molecule has 9 heteroatoms. The van der Waals surface area contributed by atoms with E-state index in [1.54, 1.807) is 13.8 Å². The number of nitrogens with one attached hydrogen (secondary N) is 1. The monoisotopic (exact) mass is 445 g/mol. The molecule has 0 radical (unpaired) electrons. The van der Waals surface area contributed by atoms with Crippen molar-refractivity contribution in [3.63, 3.8) is 0 Å². The SMILES string of the molecule is CC[C@H]1OC(=O)[C@H](C)C(O)[C@H](C)[C@@H](O)[C@](C)(O)C[C@@H](C)CN[C@H](C)C2OC(=O)O[C@@]21C. The summed E-state index contributed by atoms with van der Waals surface area (Å²) in [6.07, 6.45) is -4.17. The van der Waals surface area contributed by atoms with Crippen LogP contribution in [0.4, 0.5) is 4.79 Å². The molecule has 2 unspecified atom stereocenters. The van der Waals surface area contributed by atoms with E-state index in [1.807, 2.05) is 20.8 Å². The third-order valence-corrected chi connectivity index (χ3v) is 6.92. The Morgan fingerprint density at radius 1 is 1.10 bits per heavy atom. The Labute approximate surface area is 184 Å². The van der Waals surface area contributed by atoms with Gasteiger partial charge in [0.25, 0.3) is 0 Å². The largest absolute Gasteiger partial charge is 0.509 e. The van der Waals surface area contributed by atoms with Gasteiger partial charge in [0.15, 0.2) is 11.7 Å². The minimum atomic E-state index is -1.47. The van der Waals surface area contributed by atoms with Crippen LogP contribution in [0.3, 0.4) is 0 Å². The van der Waals surface area contributed by atoms with Crippen molar-refractivity contribution in [2.45, 2.75) is 103 Å². The lowest BCUT2D eigenvalue weighted by atomic mass is 9.78. The Morgan fingerprint density at radius 3 is 2.29 bits per heavy atom. The summed E-state index contributed by atoms with van der Waals surface area (Å²) in [5.41, 5.74) is -2.68. The molecule has 0 aromatic heterocycles. The predicted octanol–water partition coefficient (Wildman–Crippen LogP) is 1.37. The van der Waals surface area contributed by atoms with Gasteiger partial charge in [0.1, 0.15) is 6.10 Å². The molecule has 2 aliphatic rings. The molecule has 9 nitrogen and oxygen atoms in total. The Bertz CT molecular complexity index is 655. The van der Waals surface area contributed by atoms with Crippen LogP contribution in [0.25, 0.3) is 0 Å². The Balaban J connectivity index is 2.42. The van der Waals surface area contributed by atoms with Gasteiger partial charge in [0.05, 0.1) is 23.7 Å². The fourth-order valence-electron chi connectivity index (χ4n) is 4.92. The van der Waals surface area contributed by atoms with Gasteiger partial charge < -0.3 is 34.8 Å². The van der Waals surface area contributed by atoms with Crippen molar-refractivity contribution in [1.29, 1.82) is 0 Å². The first-order chi connectivity index (χ1) is 14.2. The highest BCUT2D eigenvalue weighted by molar-refractivity contribution is 5.73. The van der Waals surface area contributed by atoms with Crippen LogP contribution in [0.15, 0.2) is 0 Å². The second-order valence-electron chi connectivity index (χ2n) is 9.85. The number of rotatable bonds is 1. The Hall–Kier alpha value is -1.42. The molecule has 0 aliphatic carbocycles. The van der Waals surface area contributed by atoms with Gasteiger partial charge in [-0.3, -0.25) is 4.79 Å². The van der Waals surface area contributed by atoms with Crippen LogP contribution in [0.2, 0.25) is 0 Å². The Kier molecular flexibility index (Phi) is 8.00. The molecular formula is C22H39NO8. The van der Waals surface area contributed by atoms with E-state index in [9.17, 15) is 24.9 Å². The highest BCUT2D eigenvalue weighted by Gasteiger charge is 2.56. The molecule has 2 saturated heterocycles. The average Bonchev–Trinajstić information content (AvgIpc) is 3.01. The number of hydrogen-bond donors (Lipinski definition) is 4. The van der Waals surface area contributed by atoms with E-state index in [4.69, 9.17) is 14.2 Å². The maximum atomic E-state index is 12.9. The van der Waals surface area contributed by atoms with Crippen molar-refractivity contribution in [2.24, 2.45) is 17.8 Å². The number of hydrogen-bond acceptors (Lipinski definition) is 9. The molecule has 2 aliphatic heterocycles. The normalized spacial score (nSPS) is 47.9. The molecule has 2 heterocycles. The number of aliphatic hydroxyl groups is 3. The topological polar surface area (TPSA) is 135 Å². The highest BCUT2D eigenvalue weighted by Crippen LogP contribution is 2.37. The lowest BCUT2D eigenvalue weighted by molar-refractivity contribution is -0.177. The number of ether oxygens (including phenoxy) is 3. The molecule has 0 amide bonds. The van der Waals surface area contributed by atoms with Crippen molar-refractivity contribution in [3.8, 4) is 0 Å². The summed E-state index contributed by atoms with van der Waals surface area (Å²) in [7, 11) is 0. The lowest BCUT2D eigenvalue weighted by Gasteiger charge is -2.38. The molecule has 2 fully saturated rings. The van der Waals surface area contributed by atoms with Crippen LogP contribution in [-0.4, -0.2) is 75.6 Å². The van der Waals surface area contributed by atoms with Crippen LogP contribution in [0, 0.1) is 17.8 Å². The number of carbonyl (C=O) groups is 2. The van der Waals surface area contributed by atoms with Gasteiger partial charge in [0, 0.05) is 12.0 Å². The van der Waals surface area contributed by atoms with E-state index in [0.29, 0.717) is 13.0 Å². The van der Waals surface area contributed by atoms with Gasteiger partial charge in [-0.15, -0.1) is 0 Å². The highest BCUT2D eigenvalue weighted by atomic mass is 16.8. The van der Waals surface area contributed by atoms with Crippen LogP contribution in [-0.2, 0) is 19.0 Å². The standard InChI is InChI=1S/C22H39NO8/c1-8-15-22(7)18(30-20(27)31-22)14(5)23-10-11(2)9-21(6,28)17(25)12(3)16(24)13(4)19(26)29-15/h11-18,23-25,28H,8-10H2,1-7H3/t11-,12+,13-,14-,15-,16?,17-,18?,21-,22-/m1/s1. The first-order valence-electron chi connectivity index (χ1n) is 11.2. The van der Waals surface area contributed by atoms with Crippen molar-refractivity contribution in [2.75, 3.05) is 6.54 Å². The lowest BCUT2D eigenvalue weighted by Crippen LogP contribution is -2.57.